The summed E-state index contributed by atoms with van der Waals surface area (Å²) in [5.74, 6) is 0.162. The van der Waals surface area contributed by atoms with Gasteiger partial charge in [0.05, 0.1) is 6.10 Å². The number of methoxy groups -OCH3 is 1. The number of aliphatic hydroxyl groups is 1. The van der Waals surface area contributed by atoms with E-state index in [2.05, 4.69) is 0 Å². The first-order valence-corrected chi connectivity index (χ1v) is 3.41. The minimum absolute atomic E-state index is 0. The standard InChI is InChI=1S/C7H13O3.W/c1-5-3-10-4-6(9-2)7(5)8;/h4-8H,3H2,1-2H3;/q-1;. The summed E-state index contributed by atoms with van der Waals surface area (Å²) in [5, 5.41) is 9.40. The van der Waals surface area contributed by atoms with Crippen molar-refractivity contribution in [2.24, 2.45) is 5.92 Å². The molecular weight excluding hydrogens is 316 g/mol. The van der Waals surface area contributed by atoms with Crippen LogP contribution in [0, 0.1) is 12.5 Å². The second-order valence-electron chi connectivity index (χ2n) is 2.64. The van der Waals surface area contributed by atoms with Crippen LogP contribution in [0.5, 0.6) is 0 Å². The van der Waals surface area contributed by atoms with Gasteiger partial charge in [-0.05, 0) is 6.10 Å². The van der Waals surface area contributed by atoms with Crippen LogP contribution in [-0.2, 0) is 30.5 Å². The van der Waals surface area contributed by atoms with E-state index in [1.54, 1.807) is 13.7 Å². The predicted molar refractivity (Wildman–Crippen MR) is 36.2 cm³/mol. The summed E-state index contributed by atoms with van der Waals surface area (Å²) in [5.41, 5.74) is 0. The second-order valence-corrected chi connectivity index (χ2v) is 2.64. The zero-order valence-electron chi connectivity index (χ0n) is 6.69. The molecule has 1 rings (SSSR count). The van der Waals surface area contributed by atoms with Crippen LogP contribution in [0.1, 0.15) is 6.92 Å². The monoisotopic (exact) mass is 329 g/mol. The molecule has 4 heteroatoms. The molecule has 0 radical (unpaired) electrons. The first-order valence-electron chi connectivity index (χ1n) is 3.41. The van der Waals surface area contributed by atoms with Gasteiger partial charge in [0, 0.05) is 40.7 Å². The molecule has 1 saturated heterocycles. The maximum atomic E-state index is 9.40. The van der Waals surface area contributed by atoms with Gasteiger partial charge in [0.2, 0.25) is 0 Å². The molecule has 1 heterocycles. The van der Waals surface area contributed by atoms with Crippen LogP contribution in [-0.4, -0.2) is 31.0 Å². The van der Waals surface area contributed by atoms with Gasteiger partial charge in [0.25, 0.3) is 0 Å². The number of hydrogen-bond acceptors (Lipinski definition) is 3. The molecule has 1 N–H and O–H groups in total. The van der Waals surface area contributed by atoms with Crippen molar-refractivity contribution in [2.45, 2.75) is 19.1 Å². The molecule has 1 aliphatic heterocycles. The third-order valence-corrected chi connectivity index (χ3v) is 1.78. The Balaban J connectivity index is 0.000001000. The molecule has 0 saturated carbocycles. The Bertz CT molecular complexity index is 110. The van der Waals surface area contributed by atoms with Crippen LogP contribution >= 0.6 is 0 Å². The Morgan fingerprint density at radius 1 is 1.64 bits per heavy atom. The first kappa shape index (κ1) is 11.6. The number of rotatable bonds is 1. The fourth-order valence-electron chi connectivity index (χ4n) is 1.00. The molecule has 0 aromatic carbocycles. The number of aliphatic hydroxyl groups excluding tert-OH is 1. The summed E-state index contributed by atoms with van der Waals surface area (Å²) in [6, 6.07) is 0. The van der Waals surface area contributed by atoms with E-state index in [1.165, 1.54) is 0 Å². The molecule has 11 heavy (non-hydrogen) atoms. The van der Waals surface area contributed by atoms with Crippen LogP contribution in [0.3, 0.4) is 0 Å². The van der Waals surface area contributed by atoms with E-state index in [-0.39, 0.29) is 33.1 Å². The smallest absolute Gasteiger partial charge is 0.0587 e. The summed E-state index contributed by atoms with van der Waals surface area (Å²) in [6.07, 6.45) is -0.678. The first-order chi connectivity index (χ1) is 4.75. The van der Waals surface area contributed by atoms with Crippen molar-refractivity contribution in [2.75, 3.05) is 13.7 Å². The molecule has 3 atom stereocenters. The van der Waals surface area contributed by atoms with E-state index < -0.39 is 6.10 Å². The van der Waals surface area contributed by atoms with Gasteiger partial charge in [-0.15, -0.1) is 0 Å². The third kappa shape index (κ3) is 2.83. The van der Waals surface area contributed by atoms with Crippen molar-refractivity contribution in [1.82, 2.24) is 0 Å². The van der Waals surface area contributed by atoms with Gasteiger partial charge in [-0.3, -0.25) is 0 Å². The molecule has 0 aliphatic carbocycles. The van der Waals surface area contributed by atoms with Crippen LogP contribution in [0.2, 0.25) is 0 Å². The van der Waals surface area contributed by atoms with Gasteiger partial charge in [-0.25, -0.2) is 0 Å². The van der Waals surface area contributed by atoms with E-state index in [9.17, 15) is 5.11 Å². The summed E-state index contributed by atoms with van der Waals surface area (Å²) >= 11 is 0. The molecular formula is C7H13O3W-. The predicted octanol–water partition coefficient (Wildman–Crippen LogP) is 0.188. The zero-order valence-corrected chi connectivity index (χ0v) is 9.62. The van der Waals surface area contributed by atoms with Crippen molar-refractivity contribution in [3.63, 3.8) is 0 Å². The number of hydrogen-bond donors (Lipinski definition) is 1. The van der Waals surface area contributed by atoms with E-state index >= 15 is 0 Å². The van der Waals surface area contributed by atoms with Gasteiger partial charge in [-0.1, -0.05) is 6.92 Å². The molecule has 3 nitrogen and oxygen atoms in total. The summed E-state index contributed by atoms with van der Waals surface area (Å²) in [6.45, 7) is 4.06. The van der Waals surface area contributed by atoms with Crippen LogP contribution in [0.25, 0.3) is 0 Å². The fourth-order valence-corrected chi connectivity index (χ4v) is 1.00. The minimum Gasteiger partial charge on any atom is -0.549 e. The Morgan fingerprint density at radius 2 is 2.27 bits per heavy atom. The van der Waals surface area contributed by atoms with E-state index in [1.807, 2.05) is 6.92 Å². The molecule has 3 unspecified atom stereocenters. The maximum Gasteiger partial charge on any atom is 0.0587 e. The van der Waals surface area contributed by atoms with Crippen molar-refractivity contribution in [3.8, 4) is 0 Å². The maximum absolute atomic E-state index is 9.40. The Labute approximate surface area is 81.3 Å². The summed E-state index contributed by atoms with van der Waals surface area (Å²) in [7, 11) is 1.56. The van der Waals surface area contributed by atoms with Gasteiger partial charge >= 0.3 is 0 Å². The van der Waals surface area contributed by atoms with E-state index in [4.69, 9.17) is 9.47 Å². The summed E-state index contributed by atoms with van der Waals surface area (Å²) < 4.78 is 9.99. The van der Waals surface area contributed by atoms with E-state index in [0.717, 1.165) is 0 Å². The molecule has 0 aromatic rings. The zero-order chi connectivity index (χ0) is 7.56. The molecule has 1 aliphatic rings. The van der Waals surface area contributed by atoms with Crippen molar-refractivity contribution >= 4 is 0 Å². The van der Waals surface area contributed by atoms with Crippen LogP contribution in [0.15, 0.2) is 0 Å². The quantitative estimate of drug-likeness (QED) is 0.698. The Morgan fingerprint density at radius 3 is 2.73 bits per heavy atom. The van der Waals surface area contributed by atoms with Gasteiger partial charge < -0.3 is 14.6 Å². The van der Waals surface area contributed by atoms with Crippen LogP contribution < -0.4 is 0 Å². The third-order valence-electron chi connectivity index (χ3n) is 1.78. The van der Waals surface area contributed by atoms with Gasteiger partial charge in [-0.2, -0.15) is 6.61 Å². The molecule has 0 aromatic heterocycles. The largest absolute Gasteiger partial charge is 0.549 e. The molecule has 66 valence electrons. The van der Waals surface area contributed by atoms with Gasteiger partial charge in [0.15, 0.2) is 0 Å². The normalized spacial score (nSPS) is 37.9. The van der Waals surface area contributed by atoms with Crippen molar-refractivity contribution in [1.29, 1.82) is 0 Å². The van der Waals surface area contributed by atoms with Crippen LogP contribution in [0.4, 0.5) is 0 Å². The molecule has 0 bridgehead atoms. The van der Waals surface area contributed by atoms with E-state index in [0.29, 0.717) is 6.61 Å². The summed E-state index contributed by atoms with van der Waals surface area (Å²) in [4.78, 5) is 0. The topological polar surface area (TPSA) is 38.7 Å². The SMILES string of the molecule is COC1[CH-]OCC(C)C1O.[W]. The molecule has 0 spiro atoms. The van der Waals surface area contributed by atoms with Crippen molar-refractivity contribution in [3.05, 3.63) is 6.61 Å². The average Bonchev–Trinajstić information content (AvgIpc) is 1.95. The Kier molecular flexibility index (Phi) is 5.53. The second kappa shape index (κ2) is 5.26. The van der Waals surface area contributed by atoms with Crippen molar-refractivity contribution < 1.29 is 35.6 Å². The Hall–Kier alpha value is 0.568. The molecule has 1 fully saturated rings. The average molecular weight is 329 g/mol. The van der Waals surface area contributed by atoms with Gasteiger partial charge in [0.1, 0.15) is 0 Å². The number of ether oxygens (including phenoxy) is 2. The molecule has 0 amide bonds. The minimum atomic E-state index is -0.418. The fraction of sp³-hybridized carbons (Fsp3) is 0.857.